The van der Waals surface area contributed by atoms with Crippen molar-refractivity contribution in [3.63, 3.8) is 0 Å². The second kappa shape index (κ2) is 9.04. The van der Waals surface area contributed by atoms with Crippen LogP contribution < -0.4 is 5.32 Å². The Morgan fingerprint density at radius 3 is 2.50 bits per heavy atom. The van der Waals surface area contributed by atoms with Crippen molar-refractivity contribution in [3.05, 3.63) is 0 Å². The number of carbonyl (C=O) groups is 1. The van der Waals surface area contributed by atoms with E-state index >= 15 is 0 Å². The molecular weight excluding hydrogens is 302 g/mol. The molecule has 0 bridgehead atoms. The molecule has 3 aliphatic rings. The largest absolute Gasteiger partial charge is 0.448 e. The predicted molar refractivity (Wildman–Crippen MR) is 96.2 cm³/mol. The summed E-state index contributed by atoms with van der Waals surface area (Å²) in [7, 11) is 0. The maximum atomic E-state index is 12.4. The lowest BCUT2D eigenvalue weighted by atomic mass is 10.0. The van der Waals surface area contributed by atoms with Crippen LogP contribution in [0.3, 0.4) is 0 Å². The van der Waals surface area contributed by atoms with E-state index in [0.717, 1.165) is 25.9 Å². The second-order valence-corrected chi connectivity index (χ2v) is 7.96. The molecule has 3 atom stereocenters. The van der Waals surface area contributed by atoms with Gasteiger partial charge >= 0.3 is 6.09 Å². The number of ether oxygens (including phenoxy) is 1. The number of rotatable bonds is 3. The number of nitrogens with zero attached hydrogens (tertiary/aromatic N) is 2. The lowest BCUT2D eigenvalue weighted by molar-refractivity contribution is 0.0896. The van der Waals surface area contributed by atoms with E-state index in [1.165, 1.54) is 58.0 Å². The monoisotopic (exact) mass is 337 g/mol. The Morgan fingerprint density at radius 1 is 1.00 bits per heavy atom. The fraction of sp³-hybridized carbons (Fsp3) is 0.947. The first-order chi connectivity index (χ1) is 11.7. The van der Waals surface area contributed by atoms with E-state index in [4.69, 9.17) is 4.74 Å². The zero-order chi connectivity index (χ0) is 16.8. The summed E-state index contributed by atoms with van der Waals surface area (Å²) in [5.41, 5.74) is 0. The van der Waals surface area contributed by atoms with Gasteiger partial charge in [-0.05, 0) is 52.1 Å². The quantitative estimate of drug-likeness (QED) is 0.860. The maximum absolute atomic E-state index is 12.4. The molecule has 3 saturated heterocycles. The number of piperidine rings is 1. The zero-order valence-corrected chi connectivity index (χ0v) is 15.3. The van der Waals surface area contributed by atoms with Gasteiger partial charge in [0, 0.05) is 31.2 Å². The van der Waals surface area contributed by atoms with E-state index in [0.29, 0.717) is 24.7 Å². The van der Waals surface area contributed by atoms with Crippen LogP contribution in [0.5, 0.6) is 0 Å². The smallest absolute Gasteiger partial charge is 0.409 e. The molecule has 24 heavy (non-hydrogen) atoms. The number of amides is 1. The highest BCUT2D eigenvalue weighted by Gasteiger charge is 2.31. The second-order valence-electron chi connectivity index (χ2n) is 7.96. The molecular formula is C19H35N3O2. The van der Waals surface area contributed by atoms with Gasteiger partial charge in [0.1, 0.15) is 6.61 Å². The molecule has 0 spiro atoms. The summed E-state index contributed by atoms with van der Waals surface area (Å²) in [5.74, 6) is 0. The fourth-order valence-corrected chi connectivity index (χ4v) is 4.48. The molecule has 1 unspecified atom stereocenters. The van der Waals surface area contributed by atoms with Gasteiger partial charge in [-0.2, -0.15) is 0 Å². The van der Waals surface area contributed by atoms with Crippen molar-refractivity contribution in [1.82, 2.24) is 15.1 Å². The molecule has 0 saturated carbocycles. The highest BCUT2D eigenvalue weighted by Crippen LogP contribution is 2.21. The molecule has 3 heterocycles. The van der Waals surface area contributed by atoms with Crippen LogP contribution in [-0.2, 0) is 4.74 Å². The normalized spacial score (nSPS) is 33.0. The van der Waals surface area contributed by atoms with Gasteiger partial charge in [0.2, 0.25) is 0 Å². The number of hydrogen-bond donors (Lipinski definition) is 1. The summed E-state index contributed by atoms with van der Waals surface area (Å²) in [5, 5.41) is 3.53. The predicted octanol–water partition coefficient (Wildman–Crippen LogP) is 2.99. The summed E-state index contributed by atoms with van der Waals surface area (Å²) >= 11 is 0. The first-order valence-corrected chi connectivity index (χ1v) is 10.1. The van der Waals surface area contributed by atoms with Crippen LogP contribution >= 0.6 is 0 Å². The number of likely N-dealkylation sites (tertiary alicyclic amines) is 2. The first-order valence-electron chi connectivity index (χ1n) is 10.1. The van der Waals surface area contributed by atoms with E-state index in [-0.39, 0.29) is 6.09 Å². The third kappa shape index (κ3) is 5.09. The number of carbonyl (C=O) groups excluding carboxylic acids is 1. The summed E-state index contributed by atoms with van der Waals surface area (Å²) in [6.07, 6.45) is 11.3. The Balaban J connectivity index is 1.40. The Morgan fingerprint density at radius 2 is 1.75 bits per heavy atom. The molecule has 3 fully saturated rings. The molecule has 0 aliphatic carbocycles. The molecule has 3 aliphatic heterocycles. The van der Waals surface area contributed by atoms with Crippen molar-refractivity contribution >= 4 is 6.09 Å². The molecule has 5 heteroatoms. The number of nitrogens with one attached hydrogen (secondary N) is 1. The molecule has 1 amide bonds. The van der Waals surface area contributed by atoms with Crippen LogP contribution in [0.4, 0.5) is 4.79 Å². The fourth-order valence-electron chi connectivity index (χ4n) is 4.48. The third-order valence-corrected chi connectivity index (χ3v) is 5.95. The van der Waals surface area contributed by atoms with Gasteiger partial charge in [-0.1, -0.05) is 25.7 Å². The lowest BCUT2D eigenvalue weighted by Gasteiger charge is -2.31. The Hall–Kier alpha value is -0.810. The summed E-state index contributed by atoms with van der Waals surface area (Å²) < 4.78 is 5.60. The Bertz CT molecular complexity index is 396. The minimum atomic E-state index is -0.107. The Labute approximate surface area is 147 Å². The van der Waals surface area contributed by atoms with Gasteiger partial charge in [0.25, 0.3) is 0 Å². The molecule has 5 nitrogen and oxygen atoms in total. The standard InChI is InChI=1S/C19H35N3O2/c1-16-8-7-9-17(20-16)15-24-19(23)22-13-10-18(14-22)21-11-5-3-2-4-6-12-21/h16-18,20H,2-15H2,1H3/t16-,17-,18?/m1/s1. The number of hydrogen-bond acceptors (Lipinski definition) is 4. The van der Waals surface area contributed by atoms with Gasteiger partial charge in [0.15, 0.2) is 0 Å². The molecule has 1 N–H and O–H groups in total. The van der Waals surface area contributed by atoms with Crippen LogP contribution in [0.1, 0.15) is 64.7 Å². The van der Waals surface area contributed by atoms with Gasteiger partial charge in [-0.3, -0.25) is 4.90 Å². The van der Waals surface area contributed by atoms with Crippen LogP contribution in [0, 0.1) is 0 Å². The molecule has 0 aromatic heterocycles. The SMILES string of the molecule is C[C@@H]1CCC[C@H](COC(=O)N2CCC(N3CCCCCCC3)C2)N1. The summed E-state index contributed by atoms with van der Waals surface area (Å²) in [4.78, 5) is 16.9. The van der Waals surface area contributed by atoms with Crippen molar-refractivity contribution in [2.75, 3.05) is 32.8 Å². The van der Waals surface area contributed by atoms with Crippen molar-refractivity contribution in [3.8, 4) is 0 Å². The summed E-state index contributed by atoms with van der Waals surface area (Å²) in [6, 6.07) is 1.43. The zero-order valence-electron chi connectivity index (χ0n) is 15.3. The van der Waals surface area contributed by atoms with Crippen LogP contribution in [0.2, 0.25) is 0 Å². The van der Waals surface area contributed by atoms with Gasteiger partial charge in [-0.15, -0.1) is 0 Å². The topological polar surface area (TPSA) is 44.8 Å². The molecule has 0 radical (unpaired) electrons. The minimum absolute atomic E-state index is 0.107. The minimum Gasteiger partial charge on any atom is -0.448 e. The molecule has 138 valence electrons. The maximum Gasteiger partial charge on any atom is 0.409 e. The van der Waals surface area contributed by atoms with E-state index in [2.05, 4.69) is 17.1 Å². The van der Waals surface area contributed by atoms with E-state index in [9.17, 15) is 4.79 Å². The highest BCUT2D eigenvalue weighted by molar-refractivity contribution is 5.68. The summed E-state index contributed by atoms with van der Waals surface area (Å²) in [6.45, 7) is 6.85. The average molecular weight is 338 g/mol. The molecule has 0 aromatic rings. The van der Waals surface area contributed by atoms with Gasteiger partial charge in [0.05, 0.1) is 0 Å². The van der Waals surface area contributed by atoms with E-state index < -0.39 is 0 Å². The molecule has 0 aromatic carbocycles. The van der Waals surface area contributed by atoms with Crippen LogP contribution in [0.25, 0.3) is 0 Å². The van der Waals surface area contributed by atoms with E-state index in [1.54, 1.807) is 0 Å². The van der Waals surface area contributed by atoms with Gasteiger partial charge in [-0.25, -0.2) is 4.79 Å². The van der Waals surface area contributed by atoms with Crippen LogP contribution in [0.15, 0.2) is 0 Å². The van der Waals surface area contributed by atoms with Crippen molar-refractivity contribution in [1.29, 1.82) is 0 Å². The van der Waals surface area contributed by atoms with Crippen molar-refractivity contribution < 1.29 is 9.53 Å². The third-order valence-electron chi connectivity index (χ3n) is 5.95. The first kappa shape index (κ1) is 18.0. The lowest BCUT2D eigenvalue weighted by Crippen LogP contribution is -2.45. The highest BCUT2D eigenvalue weighted by atomic mass is 16.6. The van der Waals surface area contributed by atoms with Gasteiger partial charge < -0.3 is 15.0 Å². The van der Waals surface area contributed by atoms with Crippen LogP contribution in [-0.4, -0.2) is 66.8 Å². The molecule has 3 rings (SSSR count). The van der Waals surface area contributed by atoms with E-state index in [1.807, 2.05) is 4.90 Å². The Kier molecular flexibility index (Phi) is 6.78. The van der Waals surface area contributed by atoms with Crippen molar-refractivity contribution in [2.24, 2.45) is 0 Å². The van der Waals surface area contributed by atoms with Crippen molar-refractivity contribution in [2.45, 2.75) is 82.8 Å². The average Bonchev–Trinajstić information content (AvgIpc) is 3.02.